The Morgan fingerprint density at radius 1 is 1.17 bits per heavy atom. The number of amides is 1. The van der Waals surface area contributed by atoms with Gasteiger partial charge in [-0.25, -0.2) is 0 Å². The lowest BCUT2D eigenvalue weighted by molar-refractivity contribution is 0.0937. The summed E-state index contributed by atoms with van der Waals surface area (Å²) in [5.74, 6) is 0.894. The van der Waals surface area contributed by atoms with E-state index >= 15 is 0 Å². The quantitative estimate of drug-likeness (QED) is 0.452. The second-order valence-corrected chi connectivity index (χ2v) is 7.49. The van der Waals surface area contributed by atoms with E-state index in [9.17, 15) is 4.79 Å². The summed E-state index contributed by atoms with van der Waals surface area (Å²) in [6, 6.07) is 12.0. The molecule has 3 nitrogen and oxygen atoms in total. The predicted molar refractivity (Wildman–Crippen MR) is 103 cm³/mol. The van der Waals surface area contributed by atoms with Crippen LogP contribution in [0.2, 0.25) is 0 Å². The maximum Gasteiger partial charge on any atom is 0.252 e. The maximum absolute atomic E-state index is 12.4. The largest absolute Gasteiger partial charge is 0.381 e. The number of benzene rings is 1. The molecule has 1 N–H and O–H groups in total. The first-order valence-electron chi connectivity index (χ1n) is 8.41. The van der Waals surface area contributed by atoms with Crippen molar-refractivity contribution >= 4 is 29.0 Å². The number of hydrogen-bond donors (Lipinski definition) is 1. The molecule has 1 aromatic heterocycles. The Morgan fingerprint density at radius 2 is 2.00 bits per heavy atom. The molecule has 0 atom stereocenters. The zero-order valence-electron chi connectivity index (χ0n) is 14.1. The number of thiophene rings is 1. The molecule has 0 unspecified atom stereocenters. The Hall–Kier alpha value is -1.30. The van der Waals surface area contributed by atoms with Crippen molar-refractivity contribution < 1.29 is 9.53 Å². The Kier molecular flexibility index (Phi) is 8.95. The molecule has 0 radical (unpaired) electrons. The SMILES string of the molecule is CCCCOCCCNC(=O)c1ccccc1SCc1cccs1. The molecule has 2 rings (SSSR count). The van der Waals surface area contributed by atoms with Crippen LogP contribution in [0.1, 0.15) is 41.4 Å². The molecule has 0 saturated carbocycles. The second-order valence-electron chi connectivity index (χ2n) is 5.44. The lowest BCUT2D eigenvalue weighted by atomic mass is 10.2. The van der Waals surface area contributed by atoms with Crippen molar-refractivity contribution in [2.45, 2.75) is 36.8 Å². The third-order valence-corrected chi connectivity index (χ3v) is 5.66. The van der Waals surface area contributed by atoms with Crippen LogP contribution >= 0.6 is 23.1 Å². The molecule has 0 spiro atoms. The molecule has 1 aromatic carbocycles. The first kappa shape index (κ1) is 19.0. The molecular weight excluding hydrogens is 338 g/mol. The Labute approximate surface area is 152 Å². The number of ether oxygens (including phenoxy) is 1. The van der Waals surface area contributed by atoms with Crippen LogP contribution in [-0.4, -0.2) is 25.7 Å². The van der Waals surface area contributed by atoms with Gasteiger partial charge in [-0.05, 0) is 36.4 Å². The summed E-state index contributed by atoms with van der Waals surface area (Å²) in [5, 5.41) is 5.07. The minimum atomic E-state index is -0.00200. The second kappa shape index (κ2) is 11.3. The van der Waals surface area contributed by atoms with Crippen LogP contribution in [0.5, 0.6) is 0 Å². The van der Waals surface area contributed by atoms with Crippen LogP contribution in [-0.2, 0) is 10.5 Å². The molecular formula is C19H25NO2S2. The first-order chi connectivity index (χ1) is 11.8. The van der Waals surface area contributed by atoms with E-state index in [2.05, 4.69) is 29.8 Å². The van der Waals surface area contributed by atoms with Crippen LogP contribution < -0.4 is 5.32 Å². The molecule has 0 aliphatic rings. The number of rotatable bonds is 11. The Balaban J connectivity index is 1.77. The summed E-state index contributed by atoms with van der Waals surface area (Å²) in [4.78, 5) is 14.7. The molecule has 1 amide bonds. The number of nitrogens with one attached hydrogen (secondary N) is 1. The van der Waals surface area contributed by atoms with Gasteiger partial charge in [0.15, 0.2) is 0 Å². The van der Waals surface area contributed by atoms with Crippen LogP contribution in [0, 0.1) is 0 Å². The van der Waals surface area contributed by atoms with E-state index in [1.54, 1.807) is 23.1 Å². The molecule has 0 saturated heterocycles. The number of thioether (sulfide) groups is 1. The van der Waals surface area contributed by atoms with Crippen molar-refractivity contribution in [1.29, 1.82) is 0 Å². The van der Waals surface area contributed by atoms with Crippen molar-refractivity contribution in [2.75, 3.05) is 19.8 Å². The van der Waals surface area contributed by atoms with Gasteiger partial charge in [0, 0.05) is 35.3 Å². The van der Waals surface area contributed by atoms with Gasteiger partial charge in [0.25, 0.3) is 5.91 Å². The van der Waals surface area contributed by atoms with Gasteiger partial charge in [0.05, 0.1) is 5.56 Å². The highest BCUT2D eigenvalue weighted by Crippen LogP contribution is 2.27. The Morgan fingerprint density at radius 3 is 2.79 bits per heavy atom. The third kappa shape index (κ3) is 6.67. The smallest absolute Gasteiger partial charge is 0.252 e. The molecule has 24 heavy (non-hydrogen) atoms. The summed E-state index contributed by atoms with van der Waals surface area (Å²) < 4.78 is 5.51. The molecule has 0 aliphatic heterocycles. The van der Waals surface area contributed by atoms with Crippen molar-refractivity contribution in [1.82, 2.24) is 5.32 Å². The molecule has 1 heterocycles. The topological polar surface area (TPSA) is 38.3 Å². The van der Waals surface area contributed by atoms with Crippen molar-refractivity contribution in [3.8, 4) is 0 Å². The summed E-state index contributed by atoms with van der Waals surface area (Å²) in [5.41, 5.74) is 0.756. The van der Waals surface area contributed by atoms with Gasteiger partial charge in [0.1, 0.15) is 0 Å². The van der Waals surface area contributed by atoms with Crippen LogP contribution in [0.3, 0.4) is 0 Å². The van der Waals surface area contributed by atoms with Gasteiger partial charge in [-0.2, -0.15) is 0 Å². The molecule has 2 aromatic rings. The number of carbonyl (C=O) groups is 1. The van der Waals surface area contributed by atoms with E-state index in [4.69, 9.17) is 4.74 Å². The highest BCUT2D eigenvalue weighted by atomic mass is 32.2. The van der Waals surface area contributed by atoms with Crippen LogP contribution in [0.25, 0.3) is 0 Å². The van der Waals surface area contributed by atoms with E-state index in [0.29, 0.717) is 13.2 Å². The fourth-order valence-corrected chi connectivity index (χ4v) is 3.97. The number of unbranched alkanes of at least 4 members (excludes halogenated alkanes) is 1. The predicted octanol–water partition coefficient (Wildman–Crippen LogP) is 4.98. The molecule has 0 fully saturated rings. The van der Waals surface area contributed by atoms with Crippen molar-refractivity contribution in [3.63, 3.8) is 0 Å². The zero-order valence-corrected chi connectivity index (χ0v) is 15.8. The van der Waals surface area contributed by atoms with E-state index in [1.807, 2.05) is 24.3 Å². The Bertz CT molecular complexity index is 599. The summed E-state index contributed by atoms with van der Waals surface area (Å²) in [7, 11) is 0. The molecule has 130 valence electrons. The fourth-order valence-electron chi connectivity index (χ4n) is 2.14. The minimum absolute atomic E-state index is 0.00200. The average Bonchev–Trinajstić information content (AvgIpc) is 3.13. The van der Waals surface area contributed by atoms with Crippen molar-refractivity contribution in [2.24, 2.45) is 0 Å². The van der Waals surface area contributed by atoms with Gasteiger partial charge in [-0.15, -0.1) is 23.1 Å². The summed E-state index contributed by atoms with van der Waals surface area (Å²) in [6.07, 6.45) is 3.10. The molecule has 0 aliphatic carbocycles. The van der Waals surface area contributed by atoms with E-state index in [0.717, 1.165) is 42.1 Å². The van der Waals surface area contributed by atoms with Gasteiger partial charge in [0.2, 0.25) is 0 Å². The standard InChI is InChI=1S/C19H25NO2S2/c1-2-3-12-22-13-7-11-20-19(21)17-9-4-5-10-18(17)24-15-16-8-6-14-23-16/h4-6,8-10,14H,2-3,7,11-13,15H2,1H3,(H,20,21). The summed E-state index contributed by atoms with van der Waals surface area (Å²) >= 11 is 3.46. The average molecular weight is 364 g/mol. The van der Waals surface area contributed by atoms with Crippen LogP contribution in [0.15, 0.2) is 46.7 Å². The van der Waals surface area contributed by atoms with Crippen LogP contribution in [0.4, 0.5) is 0 Å². The molecule has 5 heteroatoms. The van der Waals surface area contributed by atoms with E-state index in [1.165, 1.54) is 4.88 Å². The van der Waals surface area contributed by atoms with Gasteiger partial charge in [-0.1, -0.05) is 31.5 Å². The van der Waals surface area contributed by atoms with E-state index in [-0.39, 0.29) is 5.91 Å². The van der Waals surface area contributed by atoms with Gasteiger partial charge >= 0.3 is 0 Å². The first-order valence-corrected chi connectivity index (χ1v) is 10.3. The minimum Gasteiger partial charge on any atom is -0.381 e. The normalized spacial score (nSPS) is 10.7. The van der Waals surface area contributed by atoms with E-state index < -0.39 is 0 Å². The number of hydrogen-bond acceptors (Lipinski definition) is 4. The third-order valence-electron chi connectivity index (χ3n) is 3.47. The van der Waals surface area contributed by atoms with Crippen molar-refractivity contribution in [3.05, 3.63) is 52.2 Å². The number of carbonyl (C=O) groups excluding carboxylic acids is 1. The van der Waals surface area contributed by atoms with Gasteiger partial charge < -0.3 is 10.1 Å². The lowest BCUT2D eigenvalue weighted by Gasteiger charge is -2.10. The highest BCUT2D eigenvalue weighted by Gasteiger charge is 2.11. The maximum atomic E-state index is 12.4. The monoisotopic (exact) mass is 363 g/mol. The zero-order chi connectivity index (χ0) is 17.0. The molecule has 0 bridgehead atoms. The fraction of sp³-hybridized carbons (Fsp3) is 0.421. The lowest BCUT2D eigenvalue weighted by Crippen LogP contribution is -2.25. The summed E-state index contributed by atoms with van der Waals surface area (Å²) in [6.45, 7) is 4.31. The highest BCUT2D eigenvalue weighted by molar-refractivity contribution is 7.98. The van der Waals surface area contributed by atoms with Gasteiger partial charge in [-0.3, -0.25) is 4.79 Å².